The number of carboxylic acids is 1. The van der Waals surface area contributed by atoms with Gasteiger partial charge in [0, 0.05) is 23.5 Å². The van der Waals surface area contributed by atoms with E-state index in [1.165, 1.54) is 13.8 Å². The molecular weight excluding hydrogens is 688 g/mol. The van der Waals surface area contributed by atoms with Crippen LogP contribution in [-0.2, 0) is 40.0 Å². The van der Waals surface area contributed by atoms with Crippen molar-refractivity contribution in [1.29, 1.82) is 0 Å². The molecule has 0 saturated carbocycles. The number of amides is 6. The monoisotopic (exact) mass is 744 g/mol. The zero-order valence-corrected chi connectivity index (χ0v) is 31.6. The van der Waals surface area contributed by atoms with E-state index in [-0.39, 0.29) is 18.9 Å². The van der Waals surface area contributed by atoms with Crippen molar-refractivity contribution in [2.24, 2.45) is 23.5 Å². The van der Waals surface area contributed by atoms with Gasteiger partial charge < -0.3 is 52.8 Å². The first-order valence-electron chi connectivity index (χ1n) is 17.8. The number of aromatic nitrogens is 1. The molecule has 0 unspecified atom stereocenters. The Bertz CT molecular complexity index is 1610. The van der Waals surface area contributed by atoms with Crippen molar-refractivity contribution in [3.05, 3.63) is 36.0 Å². The SMILES string of the molecule is CC[C@H](C)[C@H](NC(=O)CN)C(=O)N[C@H](C(=O)N[C@@H](Cc1c[nH]c2ccccc12)C(=O)N[C@H](C(=O)N[C@@H](C)C(=O)N[C@H](C(=O)O)[C@@H](C)O)C(C)C)C(C)C. The van der Waals surface area contributed by atoms with Crippen molar-refractivity contribution in [3.8, 4) is 0 Å². The third-order valence-corrected chi connectivity index (χ3v) is 9.02. The lowest BCUT2D eigenvalue weighted by molar-refractivity contribution is -0.145. The summed E-state index contributed by atoms with van der Waals surface area (Å²) in [5.74, 6) is -6.85. The number of carbonyl (C=O) groups excluding carboxylic acids is 6. The van der Waals surface area contributed by atoms with Crippen LogP contribution in [0.2, 0.25) is 0 Å². The molecule has 294 valence electrons. The second-order valence-corrected chi connectivity index (χ2v) is 14.0. The summed E-state index contributed by atoms with van der Waals surface area (Å²) < 4.78 is 0. The van der Waals surface area contributed by atoms with Crippen LogP contribution < -0.4 is 37.6 Å². The first-order valence-corrected chi connectivity index (χ1v) is 17.8. The molecule has 1 heterocycles. The Labute approximate surface area is 309 Å². The quantitative estimate of drug-likeness (QED) is 0.0824. The van der Waals surface area contributed by atoms with Crippen LogP contribution in [-0.4, -0.2) is 106 Å². The minimum atomic E-state index is -1.61. The summed E-state index contributed by atoms with van der Waals surface area (Å²) in [4.78, 5) is 94.2. The van der Waals surface area contributed by atoms with E-state index in [4.69, 9.17) is 5.73 Å². The summed E-state index contributed by atoms with van der Waals surface area (Å²) in [7, 11) is 0. The van der Waals surface area contributed by atoms with Gasteiger partial charge in [-0.1, -0.05) is 66.2 Å². The maximum atomic E-state index is 14.0. The molecule has 0 aliphatic carbocycles. The Morgan fingerprint density at radius 1 is 0.698 bits per heavy atom. The lowest BCUT2D eigenvalue weighted by Crippen LogP contribution is -2.61. The van der Waals surface area contributed by atoms with E-state index in [1.807, 2.05) is 31.2 Å². The average molecular weight is 745 g/mol. The number of carboxylic acid groups (broad SMARTS) is 1. The third-order valence-electron chi connectivity index (χ3n) is 9.02. The molecule has 0 radical (unpaired) electrons. The fraction of sp³-hybridized carbons (Fsp3) is 0.583. The summed E-state index contributed by atoms with van der Waals surface area (Å²) in [6.07, 6.45) is 0.838. The molecule has 0 aliphatic heterocycles. The molecule has 11 N–H and O–H groups in total. The minimum Gasteiger partial charge on any atom is -0.480 e. The number of fused-ring (bicyclic) bond motifs is 1. The molecule has 53 heavy (non-hydrogen) atoms. The van der Waals surface area contributed by atoms with Gasteiger partial charge in [0.25, 0.3) is 0 Å². The number of aromatic amines is 1. The number of para-hydroxylation sites is 1. The molecule has 8 atom stereocenters. The van der Waals surface area contributed by atoms with Gasteiger partial charge in [-0.25, -0.2) is 4.79 Å². The number of H-pyrrole nitrogens is 1. The number of carbonyl (C=O) groups is 7. The van der Waals surface area contributed by atoms with E-state index in [1.54, 1.807) is 40.8 Å². The van der Waals surface area contributed by atoms with Gasteiger partial charge in [0.2, 0.25) is 35.4 Å². The van der Waals surface area contributed by atoms with Gasteiger partial charge in [0.05, 0.1) is 12.6 Å². The highest BCUT2D eigenvalue weighted by atomic mass is 16.4. The van der Waals surface area contributed by atoms with E-state index in [0.29, 0.717) is 12.0 Å². The van der Waals surface area contributed by atoms with Gasteiger partial charge in [-0.15, -0.1) is 0 Å². The van der Waals surface area contributed by atoms with Crippen LogP contribution in [0.25, 0.3) is 10.9 Å². The van der Waals surface area contributed by atoms with Crippen LogP contribution >= 0.6 is 0 Å². The summed E-state index contributed by atoms with van der Waals surface area (Å²) in [6, 6.07) is -0.0254. The van der Waals surface area contributed by atoms with E-state index in [0.717, 1.165) is 10.9 Å². The minimum absolute atomic E-state index is 0.0104. The zero-order chi connectivity index (χ0) is 40.2. The second kappa shape index (κ2) is 20.3. The molecule has 0 bridgehead atoms. The Hall–Kier alpha value is -5.03. The van der Waals surface area contributed by atoms with Crippen LogP contribution in [0.5, 0.6) is 0 Å². The highest BCUT2D eigenvalue weighted by molar-refractivity contribution is 5.97. The number of aliphatic hydroxyl groups excluding tert-OH is 1. The van der Waals surface area contributed by atoms with Gasteiger partial charge in [0.15, 0.2) is 6.04 Å². The van der Waals surface area contributed by atoms with Crippen LogP contribution in [0.4, 0.5) is 0 Å². The van der Waals surface area contributed by atoms with Crippen molar-refractivity contribution in [2.45, 2.75) is 111 Å². The largest absolute Gasteiger partial charge is 0.480 e. The average Bonchev–Trinajstić information content (AvgIpc) is 3.51. The van der Waals surface area contributed by atoms with Gasteiger partial charge >= 0.3 is 5.97 Å². The van der Waals surface area contributed by atoms with E-state index in [9.17, 15) is 43.8 Å². The molecule has 1 aromatic carbocycles. The van der Waals surface area contributed by atoms with E-state index < -0.39 is 95.6 Å². The van der Waals surface area contributed by atoms with Crippen molar-refractivity contribution in [3.63, 3.8) is 0 Å². The Morgan fingerprint density at radius 2 is 1.23 bits per heavy atom. The van der Waals surface area contributed by atoms with Gasteiger partial charge in [-0.3, -0.25) is 28.8 Å². The summed E-state index contributed by atoms with van der Waals surface area (Å²) >= 11 is 0. The van der Waals surface area contributed by atoms with Crippen molar-refractivity contribution in [2.75, 3.05) is 6.54 Å². The third kappa shape index (κ3) is 12.6. The number of aliphatic hydroxyl groups is 1. The molecule has 17 heteroatoms. The standard InChI is InChI=1S/C36H56N8O9/c1-9-19(6)29(41-26(46)15-37)35(51)43-28(18(4)5)34(50)40-25(14-22-16-38-24-13-11-10-12-23(22)24)32(48)42-27(17(2)3)33(49)39-20(7)31(47)44-30(21(8)45)36(52)53/h10-13,16-21,25,27-30,38,45H,9,14-15,37H2,1-8H3,(H,39,49)(H,40,50)(H,41,46)(H,42,48)(H,43,51)(H,44,47)(H,52,53)/t19-,20-,21+,25-,27-,28-,29-,30-/m0/s1. The molecule has 1 aromatic heterocycles. The van der Waals surface area contributed by atoms with Crippen LogP contribution in [0.3, 0.4) is 0 Å². The number of benzene rings is 1. The molecular formula is C36H56N8O9. The zero-order valence-electron chi connectivity index (χ0n) is 31.6. The number of hydrogen-bond acceptors (Lipinski definition) is 9. The lowest BCUT2D eigenvalue weighted by Gasteiger charge is -2.30. The fourth-order valence-electron chi connectivity index (χ4n) is 5.53. The molecule has 2 aromatic rings. The summed E-state index contributed by atoms with van der Waals surface area (Å²) in [5.41, 5.74) is 6.94. The maximum absolute atomic E-state index is 14.0. The molecule has 0 spiro atoms. The predicted molar refractivity (Wildman–Crippen MR) is 197 cm³/mol. The van der Waals surface area contributed by atoms with Gasteiger partial charge in [0.1, 0.15) is 30.2 Å². The van der Waals surface area contributed by atoms with Gasteiger partial charge in [-0.2, -0.15) is 0 Å². The predicted octanol–water partition coefficient (Wildman–Crippen LogP) is -0.579. The summed E-state index contributed by atoms with van der Waals surface area (Å²) in [5, 5.41) is 35.3. The van der Waals surface area contributed by atoms with Crippen molar-refractivity contribution < 1.29 is 43.8 Å². The van der Waals surface area contributed by atoms with Crippen LogP contribution in [0.1, 0.15) is 67.4 Å². The molecule has 0 aliphatic rings. The Morgan fingerprint density at radius 3 is 1.75 bits per heavy atom. The second-order valence-electron chi connectivity index (χ2n) is 14.0. The lowest BCUT2D eigenvalue weighted by atomic mass is 9.96. The molecule has 2 rings (SSSR count). The number of hydrogen-bond donors (Lipinski definition) is 10. The van der Waals surface area contributed by atoms with Crippen molar-refractivity contribution in [1.82, 2.24) is 36.9 Å². The maximum Gasteiger partial charge on any atom is 0.328 e. The number of rotatable bonds is 20. The molecule has 0 fully saturated rings. The topological polar surface area (TPSA) is 274 Å². The Balaban J connectivity index is 2.38. The smallest absolute Gasteiger partial charge is 0.328 e. The molecule has 0 saturated heterocycles. The first-order chi connectivity index (χ1) is 24.8. The first kappa shape index (κ1) is 44.1. The van der Waals surface area contributed by atoms with Crippen molar-refractivity contribution >= 4 is 52.3 Å². The van der Waals surface area contributed by atoms with Gasteiger partial charge in [-0.05, 0) is 43.2 Å². The fourth-order valence-corrected chi connectivity index (χ4v) is 5.53. The number of nitrogens with one attached hydrogen (secondary N) is 7. The van der Waals surface area contributed by atoms with E-state index in [2.05, 4.69) is 36.9 Å². The number of nitrogens with two attached hydrogens (primary N) is 1. The molecule has 17 nitrogen and oxygen atoms in total. The summed E-state index contributed by atoms with van der Waals surface area (Å²) in [6.45, 7) is 12.6. The van der Waals surface area contributed by atoms with E-state index >= 15 is 0 Å². The highest BCUT2D eigenvalue weighted by Crippen LogP contribution is 2.20. The van der Waals surface area contributed by atoms with Crippen LogP contribution in [0.15, 0.2) is 30.5 Å². The highest BCUT2D eigenvalue weighted by Gasteiger charge is 2.35. The number of aliphatic carboxylic acids is 1. The Kier molecular flexibility index (Phi) is 16.9. The normalized spacial score (nSPS) is 15.9. The molecule has 6 amide bonds. The van der Waals surface area contributed by atoms with Crippen LogP contribution in [0, 0.1) is 17.8 Å².